The van der Waals surface area contributed by atoms with Gasteiger partial charge in [0.25, 0.3) is 0 Å². The minimum absolute atomic E-state index is 0.386. The zero-order valence-corrected chi connectivity index (χ0v) is 9.44. The highest BCUT2D eigenvalue weighted by Gasteiger charge is 2.28. The molecular formula is C12H24N2. The Morgan fingerprint density at radius 2 is 2.07 bits per heavy atom. The second-order valence-corrected chi connectivity index (χ2v) is 5.37. The quantitative estimate of drug-likeness (QED) is 0.720. The van der Waals surface area contributed by atoms with Crippen molar-refractivity contribution in [3.05, 3.63) is 0 Å². The Labute approximate surface area is 87.8 Å². The Morgan fingerprint density at radius 1 is 1.29 bits per heavy atom. The summed E-state index contributed by atoms with van der Waals surface area (Å²) < 4.78 is 0. The molecule has 0 aromatic heterocycles. The first-order chi connectivity index (χ1) is 6.79. The van der Waals surface area contributed by atoms with Crippen molar-refractivity contribution in [2.75, 3.05) is 19.6 Å². The summed E-state index contributed by atoms with van der Waals surface area (Å²) in [4.78, 5) is 0. The normalized spacial score (nSPS) is 34.9. The smallest absolute Gasteiger partial charge is 0.0290 e. The van der Waals surface area contributed by atoms with Gasteiger partial charge in [0.15, 0.2) is 0 Å². The van der Waals surface area contributed by atoms with Gasteiger partial charge in [-0.1, -0.05) is 19.3 Å². The largest absolute Gasteiger partial charge is 0.315 e. The third-order valence-electron chi connectivity index (χ3n) is 3.91. The maximum atomic E-state index is 3.77. The molecule has 0 radical (unpaired) electrons. The fraction of sp³-hybridized carbons (Fsp3) is 1.00. The summed E-state index contributed by atoms with van der Waals surface area (Å²) >= 11 is 0. The molecule has 1 saturated carbocycles. The molecule has 2 rings (SSSR count). The van der Waals surface area contributed by atoms with Gasteiger partial charge in [0, 0.05) is 12.1 Å². The van der Waals surface area contributed by atoms with Crippen LogP contribution in [0.25, 0.3) is 0 Å². The number of hydrogen-bond acceptors (Lipinski definition) is 2. The van der Waals surface area contributed by atoms with E-state index in [1.165, 1.54) is 51.6 Å². The van der Waals surface area contributed by atoms with Gasteiger partial charge in [-0.2, -0.15) is 0 Å². The van der Waals surface area contributed by atoms with Crippen LogP contribution in [0.4, 0.5) is 0 Å². The maximum Gasteiger partial charge on any atom is 0.0290 e. The van der Waals surface area contributed by atoms with Gasteiger partial charge < -0.3 is 10.6 Å². The lowest BCUT2D eigenvalue weighted by Crippen LogP contribution is -2.46. The average Bonchev–Trinajstić information content (AvgIpc) is 2.65. The van der Waals surface area contributed by atoms with E-state index in [-0.39, 0.29) is 0 Å². The minimum atomic E-state index is 0.386. The van der Waals surface area contributed by atoms with Crippen LogP contribution in [0.15, 0.2) is 0 Å². The van der Waals surface area contributed by atoms with Gasteiger partial charge >= 0.3 is 0 Å². The van der Waals surface area contributed by atoms with Gasteiger partial charge in [-0.15, -0.1) is 0 Å². The molecule has 1 heterocycles. The van der Waals surface area contributed by atoms with E-state index in [0.29, 0.717) is 5.54 Å². The first-order valence-corrected chi connectivity index (χ1v) is 6.24. The first kappa shape index (κ1) is 10.4. The van der Waals surface area contributed by atoms with Crippen LogP contribution >= 0.6 is 0 Å². The van der Waals surface area contributed by atoms with Crippen molar-refractivity contribution in [2.24, 2.45) is 5.92 Å². The molecule has 2 N–H and O–H groups in total. The summed E-state index contributed by atoms with van der Waals surface area (Å²) in [7, 11) is 0. The third kappa shape index (κ3) is 2.71. The van der Waals surface area contributed by atoms with Crippen LogP contribution in [0, 0.1) is 5.92 Å². The molecule has 2 nitrogen and oxygen atoms in total. The Bertz CT molecular complexity index is 167. The first-order valence-electron chi connectivity index (χ1n) is 6.24. The molecule has 82 valence electrons. The van der Waals surface area contributed by atoms with Crippen molar-refractivity contribution < 1.29 is 0 Å². The number of hydrogen-bond donors (Lipinski definition) is 2. The van der Waals surface area contributed by atoms with E-state index >= 15 is 0 Å². The van der Waals surface area contributed by atoms with Crippen molar-refractivity contribution >= 4 is 0 Å². The van der Waals surface area contributed by atoms with E-state index in [1.807, 2.05) is 0 Å². The van der Waals surface area contributed by atoms with Gasteiger partial charge in [0.05, 0.1) is 0 Å². The fourth-order valence-electron chi connectivity index (χ4n) is 2.75. The summed E-state index contributed by atoms with van der Waals surface area (Å²) in [5, 5.41) is 7.20. The molecule has 0 bridgehead atoms. The van der Waals surface area contributed by atoms with Crippen LogP contribution in [0.3, 0.4) is 0 Å². The highest BCUT2D eigenvalue weighted by molar-refractivity contribution is 4.92. The van der Waals surface area contributed by atoms with Crippen LogP contribution in [0.2, 0.25) is 0 Å². The van der Waals surface area contributed by atoms with Gasteiger partial charge in [-0.3, -0.25) is 0 Å². The van der Waals surface area contributed by atoms with E-state index in [0.717, 1.165) is 12.5 Å². The molecule has 1 atom stereocenters. The zero-order chi connectivity index (χ0) is 9.86. The second-order valence-electron chi connectivity index (χ2n) is 5.37. The van der Waals surface area contributed by atoms with Crippen molar-refractivity contribution in [3.63, 3.8) is 0 Å². The third-order valence-corrected chi connectivity index (χ3v) is 3.91. The summed E-state index contributed by atoms with van der Waals surface area (Å²) in [5.41, 5.74) is 0.386. The Hall–Kier alpha value is -0.0800. The van der Waals surface area contributed by atoms with Crippen molar-refractivity contribution in [3.8, 4) is 0 Å². The molecule has 1 aliphatic carbocycles. The molecule has 2 heteroatoms. The van der Waals surface area contributed by atoms with Crippen LogP contribution < -0.4 is 10.6 Å². The SMILES string of the molecule is CC1(NCC2CCCCC2)CCNC1. The molecule has 2 aliphatic rings. The lowest BCUT2D eigenvalue weighted by molar-refractivity contribution is 0.293. The average molecular weight is 196 g/mol. The van der Waals surface area contributed by atoms with Crippen LogP contribution in [0.1, 0.15) is 45.4 Å². The lowest BCUT2D eigenvalue weighted by atomic mass is 9.88. The molecule has 0 spiro atoms. The molecule has 0 aromatic rings. The molecule has 14 heavy (non-hydrogen) atoms. The molecule has 1 saturated heterocycles. The van der Waals surface area contributed by atoms with Crippen LogP contribution in [-0.4, -0.2) is 25.2 Å². The summed E-state index contributed by atoms with van der Waals surface area (Å²) in [6, 6.07) is 0. The van der Waals surface area contributed by atoms with Gasteiger partial charge in [0.2, 0.25) is 0 Å². The Kier molecular flexibility index (Phi) is 3.45. The molecule has 2 fully saturated rings. The summed E-state index contributed by atoms with van der Waals surface area (Å²) in [5.74, 6) is 0.959. The van der Waals surface area contributed by atoms with E-state index in [1.54, 1.807) is 0 Å². The van der Waals surface area contributed by atoms with E-state index in [4.69, 9.17) is 0 Å². The van der Waals surface area contributed by atoms with Gasteiger partial charge in [-0.25, -0.2) is 0 Å². The number of rotatable bonds is 3. The number of nitrogens with one attached hydrogen (secondary N) is 2. The molecule has 1 aliphatic heterocycles. The topological polar surface area (TPSA) is 24.1 Å². The Morgan fingerprint density at radius 3 is 2.71 bits per heavy atom. The summed E-state index contributed by atoms with van der Waals surface area (Å²) in [6.45, 7) is 5.95. The van der Waals surface area contributed by atoms with Crippen molar-refractivity contribution in [2.45, 2.75) is 51.0 Å². The van der Waals surface area contributed by atoms with Crippen LogP contribution in [0.5, 0.6) is 0 Å². The van der Waals surface area contributed by atoms with Crippen LogP contribution in [-0.2, 0) is 0 Å². The predicted octanol–water partition coefficient (Wildman–Crippen LogP) is 1.91. The van der Waals surface area contributed by atoms with Gasteiger partial charge in [0.1, 0.15) is 0 Å². The zero-order valence-electron chi connectivity index (χ0n) is 9.44. The monoisotopic (exact) mass is 196 g/mol. The molecule has 0 aromatic carbocycles. The lowest BCUT2D eigenvalue weighted by Gasteiger charge is -2.29. The maximum absolute atomic E-state index is 3.77. The Balaban J connectivity index is 1.70. The van der Waals surface area contributed by atoms with E-state index in [2.05, 4.69) is 17.6 Å². The highest BCUT2D eigenvalue weighted by Crippen LogP contribution is 2.24. The second kappa shape index (κ2) is 4.63. The predicted molar refractivity (Wildman–Crippen MR) is 60.5 cm³/mol. The minimum Gasteiger partial charge on any atom is -0.315 e. The fourth-order valence-corrected chi connectivity index (χ4v) is 2.75. The van der Waals surface area contributed by atoms with E-state index in [9.17, 15) is 0 Å². The summed E-state index contributed by atoms with van der Waals surface area (Å²) in [6.07, 6.45) is 8.59. The van der Waals surface area contributed by atoms with Gasteiger partial charge in [-0.05, 0) is 45.2 Å². The van der Waals surface area contributed by atoms with E-state index < -0.39 is 0 Å². The molecule has 1 unspecified atom stereocenters. The standard InChI is InChI=1S/C12H24N2/c1-12(7-8-13-10-12)14-9-11-5-3-2-4-6-11/h11,13-14H,2-10H2,1H3. The van der Waals surface area contributed by atoms with Crippen molar-refractivity contribution in [1.82, 2.24) is 10.6 Å². The molecule has 0 amide bonds. The molecular weight excluding hydrogens is 172 g/mol. The van der Waals surface area contributed by atoms with Crippen molar-refractivity contribution in [1.29, 1.82) is 0 Å². The highest BCUT2D eigenvalue weighted by atomic mass is 15.1.